The molecule has 0 bridgehead atoms. The maximum Gasteiger partial charge on any atom is 0.200 e. The molecule has 23 heavy (non-hydrogen) atoms. The summed E-state index contributed by atoms with van der Waals surface area (Å²) in [7, 11) is 1.45. The van der Waals surface area contributed by atoms with Gasteiger partial charge in [-0.2, -0.15) is 5.10 Å². The fourth-order valence-electron chi connectivity index (χ4n) is 2.13. The lowest BCUT2D eigenvalue weighted by Gasteiger charge is -2.04. The second kappa shape index (κ2) is 5.45. The van der Waals surface area contributed by atoms with Crippen LogP contribution in [0.1, 0.15) is 0 Å². The van der Waals surface area contributed by atoms with E-state index in [2.05, 4.69) is 10.1 Å². The summed E-state index contributed by atoms with van der Waals surface area (Å²) in [5, 5.41) is 3.76. The number of hydrogen-bond donors (Lipinski definition) is 0. The molecule has 0 fully saturated rings. The molecule has 0 amide bonds. The van der Waals surface area contributed by atoms with E-state index in [1.807, 2.05) is 0 Å². The summed E-state index contributed by atoms with van der Waals surface area (Å²) in [5.41, 5.74) is -0.572. The van der Waals surface area contributed by atoms with Gasteiger partial charge in [0.25, 0.3) is 0 Å². The average Bonchev–Trinajstić information content (AvgIpc) is 2.93. The predicted octanol–water partition coefficient (Wildman–Crippen LogP) is 3.84. The number of nitrogens with zero attached hydrogens (tertiary/aromatic N) is 3. The summed E-state index contributed by atoms with van der Waals surface area (Å²) >= 11 is 0. The Labute approximate surface area is 127 Å². The Balaban J connectivity index is 2.22. The van der Waals surface area contributed by atoms with E-state index in [0.717, 1.165) is 0 Å². The number of halogens is 5. The van der Waals surface area contributed by atoms with Gasteiger partial charge in [0.05, 0.1) is 5.56 Å². The van der Waals surface area contributed by atoms with Gasteiger partial charge in [-0.3, -0.25) is 0 Å². The Morgan fingerprint density at radius 1 is 0.783 bits per heavy atom. The minimum Gasteiger partial charge on any atom is -0.248 e. The van der Waals surface area contributed by atoms with Crippen molar-refractivity contribution < 1.29 is 22.0 Å². The molecule has 118 valence electrons. The first-order valence-corrected chi connectivity index (χ1v) is 6.40. The monoisotopic (exact) mass is 325 g/mol. The van der Waals surface area contributed by atoms with Crippen molar-refractivity contribution in [3.8, 4) is 22.8 Å². The number of aryl methyl sites for hydroxylation is 1. The first kappa shape index (κ1) is 15.1. The van der Waals surface area contributed by atoms with Gasteiger partial charge in [0.1, 0.15) is 0 Å². The average molecular weight is 325 g/mol. The van der Waals surface area contributed by atoms with Crippen LogP contribution in [0.5, 0.6) is 0 Å². The number of rotatable bonds is 2. The smallest absolute Gasteiger partial charge is 0.200 e. The molecule has 3 nitrogen and oxygen atoms in total. The van der Waals surface area contributed by atoms with Crippen molar-refractivity contribution in [3.05, 3.63) is 59.4 Å². The van der Waals surface area contributed by atoms with E-state index in [9.17, 15) is 22.0 Å². The topological polar surface area (TPSA) is 30.7 Å². The predicted molar refractivity (Wildman–Crippen MR) is 71.7 cm³/mol. The fourth-order valence-corrected chi connectivity index (χ4v) is 2.13. The minimum atomic E-state index is -2.22. The van der Waals surface area contributed by atoms with Crippen LogP contribution in [0.2, 0.25) is 0 Å². The third-order valence-corrected chi connectivity index (χ3v) is 3.23. The lowest BCUT2D eigenvalue weighted by Crippen LogP contribution is -2.05. The maximum absolute atomic E-state index is 13.8. The maximum atomic E-state index is 13.8. The molecular weight excluding hydrogens is 317 g/mol. The van der Waals surface area contributed by atoms with E-state index in [0.29, 0.717) is 5.56 Å². The SMILES string of the molecule is Cn1nc(-c2c(F)c(F)c(F)c(F)c2F)nc1-c1ccccc1. The van der Waals surface area contributed by atoms with Gasteiger partial charge < -0.3 is 0 Å². The fraction of sp³-hybridized carbons (Fsp3) is 0.0667. The van der Waals surface area contributed by atoms with Crippen LogP contribution in [-0.4, -0.2) is 14.8 Å². The summed E-state index contributed by atoms with van der Waals surface area (Å²) in [6.07, 6.45) is 0. The highest BCUT2D eigenvalue weighted by Crippen LogP contribution is 2.30. The number of hydrogen-bond acceptors (Lipinski definition) is 2. The molecule has 0 aliphatic carbocycles. The van der Waals surface area contributed by atoms with E-state index in [1.54, 1.807) is 30.3 Å². The molecule has 0 aliphatic heterocycles. The number of benzene rings is 2. The quantitative estimate of drug-likeness (QED) is 0.407. The largest absolute Gasteiger partial charge is 0.248 e. The molecule has 3 rings (SSSR count). The molecule has 3 aromatic rings. The third-order valence-electron chi connectivity index (χ3n) is 3.23. The zero-order valence-electron chi connectivity index (χ0n) is 11.6. The molecule has 0 atom stereocenters. The first-order chi connectivity index (χ1) is 10.9. The van der Waals surface area contributed by atoms with E-state index in [-0.39, 0.29) is 5.82 Å². The summed E-state index contributed by atoms with van der Waals surface area (Å²) in [6.45, 7) is 0. The van der Waals surface area contributed by atoms with Gasteiger partial charge in [-0.1, -0.05) is 30.3 Å². The molecule has 2 aromatic carbocycles. The van der Waals surface area contributed by atoms with E-state index in [1.165, 1.54) is 11.7 Å². The Morgan fingerprint density at radius 3 is 1.87 bits per heavy atom. The highest BCUT2D eigenvalue weighted by atomic mass is 19.2. The van der Waals surface area contributed by atoms with Gasteiger partial charge in [0, 0.05) is 12.6 Å². The van der Waals surface area contributed by atoms with E-state index >= 15 is 0 Å². The second-order valence-corrected chi connectivity index (χ2v) is 4.69. The van der Waals surface area contributed by atoms with Crippen molar-refractivity contribution in [2.24, 2.45) is 7.05 Å². The normalized spacial score (nSPS) is 11.0. The van der Waals surface area contributed by atoms with Gasteiger partial charge in [-0.05, 0) is 0 Å². The van der Waals surface area contributed by atoms with Gasteiger partial charge in [0.15, 0.2) is 34.9 Å². The third kappa shape index (κ3) is 2.36. The van der Waals surface area contributed by atoms with Gasteiger partial charge in [0.2, 0.25) is 5.82 Å². The molecule has 0 saturated heterocycles. The zero-order valence-corrected chi connectivity index (χ0v) is 11.6. The van der Waals surface area contributed by atoms with Crippen molar-refractivity contribution in [1.29, 1.82) is 0 Å². The zero-order chi connectivity index (χ0) is 16.7. The van der Waals surface area contributed by atoms with Gasteiger partial charge in [-0.25, -0.2) is 31.6 Å². The molecule has 1 heterocycles. The lowest BCUT2D eigenvalue weighted by molar-refractivity contribution is 0.380. The van der Waals surface area contributed by atoms with Crippen molar-refractivity contribution >= 4 is 0 Å². The Hall–Kier alpha value is -2.77. The van der Waals surface area contributed by atoms with Crippen LogP contribution in [0, 0.1) is 29.1 Å². The van der Waals surface area contributed by atoms with E-state index in [4.69, 9.17) is 0 Å². The Bertz CT molecular complexity index is 861. The van der Waals surface area contributed by atoms with Crippen LogP contribution in [0.15, 0.2) is 30.3 Å². The molecule has 0 radical (unpaired) electrons. The standard InChI is InChI=1S/C15H8F5N3/c1-23-15(7-5-3-2-4-6-7)21-14(22-23)8-9(16)11(18)13(20)12(19)10(8)17/h2-6H,1H3. The molecule has 0 saturated carbocycles. The summed E-state index contributed by atoms with van der Waals surface area (Å²) in [5.74, 6) is -10.6. The molecule has 0 unspecified atom stereocenters. The summed E-state index contributed by atoms with van der Waals surface area (Å²) in [4.78, 5) is 3.90. The number of aromatic nitrogens is 3. The highest BCUT2D eigenvalue weighted by Gasteiger charge is 2.29. The summed E-state index contributed by atoms with van der Waals surface area (Å²) in [6, 6.07) is 8.52. The first-order valence-electron chi connectivity index (χ1n) is 6.40. The molecular formula is C15H8F5N3. The van der Waals surface area contributed by atoms with Crippen molar-refractivity contribution in [2.45, 2.75) is 0 Å². The molecule has 8 heteroatoms. The summed E-state index contributed by atoms with van der Waals surface area (Å²) < 4.78 is 68.5. The molecule has 0 N–H and O–H groups in total. The van der Waals surface area contributed by atoms with Gasteiger partial charge >= 0.3 is 0 Å². The molecule has 0 aliphatic rings. The van der Waals surface area contributed by atoms with E-state index < -0.39 is 40.5 Å². The van der Waals surface area contributed by atoms with Crippen LogP contribution >= 0.6 is 0 Å². The van der Waals surface area contributed by atoms with Crippen molar-refractivity contribution in [1.82, 2.24) is 14.8 Å². The van der Waals surface area contributed by atoms with Crippen LogP contribution in [-0.2, 0) is 7.05 Å². The van der Waals surface area contributed by atoms with Crippen molar-refractivity contribution in [3.63, 3.8) is 0 Å². The van der Waals surface area contributed by atoms with Crippen LogP contribution in [0.3, 0.4) is 0 Å². The Kier molecular flexibility index (Phi) is 3.59. The van der Waals surface area contributed by atoms with Gasteiger partial charge in [-0.15, -0.1) is 0 Å². The Morgan fingerprint density at radius 2 is 1.30 bits per heavy atom. The second-order valence-electron chi connectivity index (χ2n) is 4.69. The molecule has 0 spiro atoms. The highest BCUT2D eigenvalue weighted by molar-refractivity contribution is 5.62. The minimum absolute atomic E-state index is 0.226. The lowest BCUT2D eigenvalue weighted by atomic mass is 10.1. The van der Waals surface area contributed by atoms with Crippen molar-refractivity contribution in [2.75, 3.05) is 0 Å². The van der Waals surface area contributed by atoms with Crippen LogP contribution < -0.4 is 0 Å². The molecule has 1 aromatic heterocycles. The van der Waals surface area contributed by atoms with Crippen LogP contribution in [0.4, 0.5) is 22.0 Å². The van der Waals surface area contributed by atoms with Crippen LogP contribution in [0.25, 0.3) is 22.8 Å².